The minimum absolute atomic E-state index is 0.0786. The quantitative estimate of drug-likeness (QED) is 0.823. The predicted octanol–water partition coefficient (Wildman–Crippen LogP) is 3.86. The van der Waals surface area contributed by atoms with Gasteiger partial charge in [-0.05, 0) is 61.1 Å². The maximum absolute atomic E-state index is 11.9. The zero-order valence-corrected chi connectivity index (χ0v) is 12.5. The van der Waals surface area contributed by atoms with Gasteiger partial charge in [-0.3, -0.25) is 4.79 Å². The lowest BCUT2D eigenvalue weighted by Crippen LogP contribution is -2.42. The van der Waals surface area contributed by atoms with Gasteiger partial charge < -0.3 is 5.32 Å². The fourth-order valence-electron chi connectivity index (χ4n) is 1.11. The van der Waals surface area contributed by atoms with Crippen molar-refractivity contribution in [2.24, 2.45) is 0 Å². The summed E-state index contributed by atoms with van der Waals surface area (Å²) in [5, 5.41) is 3.58. The highest BCUT2D eigenvalue weighted by Crippen LogP contribution is 2.20. The number of hydrogen-bond acceptors (Lipinski definition) is 1. The number of hydrogen-bond donors (Lipinski definition) is 1. The van der Waals surface area contributed by atoms with Crippen molar-refractivity contribution in [1.82, 2.24) is 5.32 Å². The van der Waals surface area contributed by atoms with Crippen LogP contribution in [0.2, 0.25) is 5.02 Å². The number of benzene rings is 1. The van der Waals surface area contributed by atoms with E-state index in [1.165, 1.54) is 0 Å². The predicted molar refractivity (Wildman–Crippen MR) is 76.0 cm³/mol. The molecular formula is C12H15ClINO. The van der Waals surface area contributed by atoms with Gasteiger partial charge in [-0.15, -0.1) is 0 Å². The average Bonchev–Trinajstić information content (AvgIpc) is 2.21. The van der Waals surface area contributed by atoms with Gasteiger partial charge in [-0.1, -0.05) is 18.5 Å². The van der Waals surface area contributed by atoms with Crippen LogP contribution < -0.4 is 5.32 Å². The maximum Gasteiger partial charge on any atom is 0.251 e. The van der Waals surface area contributed by atoms with E-state index < -0.39 is 0 Å². The number of carbonyl (C=O) groups is 1. The first-order valence-electron chi connectivity index (χ1n) is 5.13. The summed E-state index contributed by atoms with van der Waals surface area (Å²) >= 11 is 8.11. The summed E-state index contributed by atoms with van der Waals surface area (Å²) in [7, 11) is 0. The first-order valence-corrected chi connectivity index (χ1v) is 6.59. The Morgan fingerprint density at radius 1 is 1.50 bits per heavy atom. The molecule has 1 aromatic rings. The minimum Gasteiger partial charge on any atom is -0.347 e. The summed E-state index contributed by atoms with van der Waals surface area (Å²) in [4.78, 5) is 11.9. The molecule has 0 saturated carbocycles. The van der Waals surface area contributed by atoms with E-state index in [4.69, 9.17) is 11.6 Å². The largest absolute Gasteiger partial charge is 0.347 e. The summed E-state index contributed by atoms with van der Waals surface area (Å²) in [6.45, 7) is 6.04. The Morgan fingerprint density at radius 2 is 2.12 bits per heavy atom. The third kappa shape index (κ3) is 3.63. The highest BCUT2D eigenvalue weighted by Gasteiger charge is 2.19. The van der Waals surface area contributed by atoms with Gasteiger partial charge in [0.2, 0.25) is 0 Å². The number of rotatable bonds is 3. The molecule has 0 saturated heterocycles. The van der Waals surface area contributed by atoms with Crippen molar-refractivity contribution in [3.05, 3.63) is 32.4 Å². The molecule has 0 radical (unpaired) electrons. The van der Waals surface area contributed by atoms with Gasteiger partial charge in [0.25, 0.3) is 5.91 Å². The first-order chi connectivity index (χ1) is 7.35. The molecule has 0 aliphatic carbocycles. The molecule has 0 bridgehead atoms. The molecule has 0 fully saturated rings. The Labute approximate surface area is 115 Å². The molecule has 88 valence electrons. The van der Waals surface area contributed by atoms with Crippen molar-refractivity contribution in [3.63, 3.8) is 0 Å². The molecule has 0 atom stereocenters. The van der Waals surface area contributed by atoms with Gasteiger partial charge in [-0.2, -0.15) is 0 Å². The Balaban J connectivity index is 2.85. The summed E-state index contributed by atoms with van der Waals surface area (Å²) in [5.41, 5.74) is 0.416. The van der Waals surface area contributed by atoms with Crippen molar-refractivity contribution < 1.29 is 4.79 Å². The van der Waals surface area contributed by atoms with Gasteiger partial charge in [-0.25, -0.2) is 0 Å². The van der Waals surface area contributed by atoms with Crippen LogP contribution in [0.4, 0.5) is 0 Å². The fourth-order valence-corrected chi connectivity index (χ4v) is 1.62. The second kappa shape index (κ2) is 5.36. The van der Waals surface area contributed by atoms with Gasteiger partial charge in [0.15, 0.2) is 0 Å². The molecule has 2 nitrogen and oxygen atoms in total. The standard InChI is InChI=1S/C12H15ClINO/c1-4-12(2,3)15-11(16)8-5-6-10(14)9(13)7-8/h5-7H,4H2,1-3H3,(H,15,16). The van der Waals surface area contributed by atoms with E-state index in [0.717, 1.165) is 9.99 Å². The lowest BCUT2D eigenvalue weighted by atomic mass is 10.0. The lowest BCUT2D eigenvalue weighted by Gasteiger charge is -2.24. The van der Waals surface area contributed by atoms with Gasteiger partial charge in [0, 0.05) is 14.7 Å². The Hall–Kier alpha value is -0.290. The normalized spacial score (nSPS) is 11.3. The van der Waals surface area contributed by atoms with E-state index in [1.54, 1.807) is 12.1 Å². The average molecular weight is 352 g/mol. The molecule has 0 aliphatic heterocycles. The third-order valence-electron chi connectivity index (χ3n) is 2.52. The van der Waals surface area contributed by atoms with Gasteiger partial charge in [0.1, 0.15) is 0 Å². The monoisotopic (exact) mass is 351 g/mol. The van der Waals surface area contributed by atoms with E-state index in [9.17, 15) is 4.79 Å². The molecule has 0 heterocycles. The topological polar surface area (TPSA) is 29.1 Å². The van der Waals surface area contributed by atoms with E-state index in [1.807, 2.05) is 26.8 Å². The van der Waals surface area contributed by atoms with Crippen LogP contribution in [0.25, 0.3) is 0 Å². The second-order valence-corrected chi connectivity index (χ2v) is 5.89. The van der Waals surface area contributed by atoms with E-state index in [-0.39, 0.29) is 11.4 Å². The fraction of sp³-hybridized carbons (Fsp3) is 0.417. The Kier molecular flexibility index (Phi) is 4.62. The third-order valence-corrected chi connectivity index (χ3v) is 4.09. The Morgan fingerprint density at radius 3 is 2.62 bits per heavy atom. The molecule has 0 aromatic heterocycles. The number of carbonyl (C=O) groups excluding carboxylic acids is 1. The van der Waals surface area contributed by atoms with Crippen LogP contribution in [0, 0.1) is 3.57 Å². The van der Waals surface area contributed by atoms with Crippen molar-refractivity contribution in [1.29, 1.82) is 0 Å². The number of nitrogens with one attached hydrogen (secondary N) is 1. The van der Waals surface area contributed by atoms with Crippen molar-refractivity contribution in [2.75, 3.05) is 0 Å². The van der Waals surface area contributed by atoms with Crippen LogP contribution in [0.15, 0.2) is 18.2 Å². The molecule has 1 N–H and O–H groups in total. The van der Waals surface area contributed by atoms with E-state index in [0.29, 0.717) is 10.6 Å². The molecular weight excluding hydrogens is 336 g/mol. The van der Waals surface area contributed by atoms with Crippen LogP contribution in [0.3, 0.4) is 0 Å². The Bertz CT molecular complexity index is 404. The molecule has 0 unspecified atom stereocenters. The molecule has 4 heteroatoms. The highest BCUT2D eigenvalue weighted by atomic mass is 127. The van der Waals surface area contributed by atoms with E-state index >= 15 is 0 Å². The zero-order chi connectivity index (χ0) is 12.3. The van der Waals surface area contributed by atoms with Crippen molar-refractivity contribution >= 4 is 40.1 Å². The maximum atomic E-state index is 11.9. The number of amides is 1. The summed E-state index contributed by atoms with van der Waals surface area (Å²) < 4.78 is 0.950. The summed E-state index contributed by atoms with van der Waals surface area (Å²) in [6.07, 6.45) is 0.886. The van der Waals surface area contributed by atoms with E-state index in [2.05, 4.69) is 27.9 Å². The molecule has 1 amide bonds. The van der Waals surface area contributed by atoms with Crippen LogP contribution >= 0.6 is 34.2 Å². The first kappa shape index (κ1) is 13.8. The highest BCUT2D eigenvalue weighted by molar-refractivity contribution is 14.1. The summed E-state index contributed by atoms with van der Waals surface area (Å²) in [6, 6.07) is 5.33. The van der Waals surface area contributed by atoms with Gasteiger partial charge in [0.05, 0.1) is 5.02 Å². The smallest absolute Gasteiger partial charge is 0.251 e. The minimum atomic E-state index is -0.188. The van der Waals surface area contributed by atoms with Crippen molar-refractivity contribution in [3.8, 4) is 0 Å². The molecule has 1 aromatic carbocycles. The van der Waals surface area contributed by atoms with Crippen LogP contribution in [0.1, 0.15) is 37.6 Å². The molecule has 1 rings (SSSR count). The second-order valence-electron chi connectivity index (χ2n) is 4.32. The molecule has 0 aliphatic rings. The molecule has 16 heavy (non-hydrogen) atoms. The van der Waals surface area contributed by atoms with Crippen LogP contribution in [-0.2, 0) is 0 Å². The lowest BCUT2D eigenvalue weighted by molar-refractivity contribution is 0.0911. The van der Waals surface area contributed by atoms with Gasteiger partial charge >= 0.3 is 0 Å². The number of halogens is 2. The van der Waals surface area contributed by atoms with Crippen molar-refractivity contribution in [2.45, 2.75) is 32.7 Å². The summed E-state index contributed by atoms with van der Waals surface area (Å²) in [5.74, 6) is -0.0786. The molecule has 0 spiro atoms. The zero-order valence-electron chi connectivity index (χ0n) is 9.60. The van der Waals surface area contributed by atoms with Crippen LogP contribution in [-0.4, -0.2) is 11.4 Å². The SMILES string of the molecule is CCC(C)(C)NC(=O)c1ccc(I)c(Cl)c1. The van der Waals surface area contributed by atoms with Crippen LogP contribution in [0.5, 0.6) is 0 Å².